The van der Waals surface area contributed by atoms with Gasteiger partial charge in [0, 0.05) is 23.3 Å². The molecule has 1 aromatic rings. The molecule has 1 fully saturated rings. The predicted molar refractivity (Wildman–Crippen MR) is 79.8 cm³/mol. The van der Waals surface area contributed by atoms with Crippen LogP contribution in [0, 0.1) is 16.0 Å². The Kier molecular flexibility index (Phi) is 4.76. The second-order valence-corrected chi connectivity index (χ2v) is 5.90. The molecule has 0 atom stereocenters. The highest BCUT2D eigenvalue weighted by molar-refractivity contribution is 5.72. The van der Waals surface area contributed by atoms with Crippen LogP contribution in [0.4, 0.5) is 5.69 Å². The van der Waals surface area contributed by atoms with Crippen molar-refractivity contribution in [1.82, 2.24) is 0 Å². The van der Waals surface area contributed by atoms with Crippen LogP contribution < -0.4 is 4.74 Å². The number of rotatable bonds is 4. The zero-order chi connectivity index (χ0) is 16.2. The summed E-state index contributed by atoms with van der Waals surface area (Å²) >= 11 is 0. The molecule has 0 N–H and O–H groups in total. The van der Waals surface area contributed by atoms with Crippen LogP contribution in [0.15, 0.2) is 12.1 Å². The van der Waals surface area contributed by atoms with Crippen molar-refractivity contribution >= 4 is 11.7 Å². The van der Waals surface area contributed by atoms with Gasteiger partial charge >= 0.3 is 5.97 Å². The van der Waals surface area contributed by atoms with E-state index in [9.17, 15) is 14.9 Å². The van der Waals surface area contributed by atoms with E-state index in [1.54, 1.807) is 0 Å². The minimum absolute atomic E-state index is 0.0145. The Morgan fingerprint density at radius 3 is 2.83 bits per heavy atom. The molecule has 2 aliphatic rings. The standard InChI is InChI=1S/C16H19NO6/c18-16(11-4-2-1-3-5-11)22-9-13-7-14(17(19)20)6-12-8-21-10-23-15(12)13/h6-7,11H,1-5,8-10H2. The SMILES string of the molecule is O=C(OCc1cc([N+](=O)[O-])cc2c1OCOC2)C1CCCCC1. The number of fused-ring (bicyclic) bond motifs is 1. The van der Waals surface area contributed by atoms with Crippen LogP contribution in [-0.2, 0) is 27.5 Å². The molecule has 7 heteroatoms. The Bertz CT molecular complexity index is 609. The molecular formula is C16H19NO6. The van der Waals surface area contributed by atoms with Gasteiger partial charge in [-0.1, -0.05) is 19.3 Å². The lowest BCUT2D eigenvalue weighted by Gasteiger charge is -2.22. The lowest BCUT2D eigenvalue weighted by molar-refractivity contribution is -0.385. The molecular weight excluding hydrogens is 302 g/mol. The smallest absolute Gasteiger partial charge is 0.309 e. The lowest BCUT2D eigenvalue weighted by atomic mass is 9.89. The predicted octanol–water partition coefficient (Wildman–Crippen LogP) is 3.08. The average Bonchev–Trinajstić information content (AvgIpc) is 2.59. The van der Waals surface area contributed by atoms with E-state index in [4.69, 9.17) is 14.2 Å². The molecule has 0 saturated heterocycles. The Labute approximate surface area is 133 Å². The molecule has 0 unspecified atom stereocenters. The molecule has 0 amide bonds. The third-order valence-electron chi connectivity index (χ3n) is 4.29. The van der Waals surface area contributed by atoms with Crippen LogP contribution in [-0.4, -0.2) is 17.7 Å². The summed E-state index contributed by atoms with van der Waals surface area (Å²) in [4.78, 5) is 22.7. The van der Waals surface area contributed by atoms with Crippen molar-refractivity contribution in [2.75, 3.05) is 6.79 Å². The Morgan fingerprint density at radius 2 is 2.09 bits per heavy atom. The fourth-order valence-corrected chi connectivity index (χ4v) is 3.10. The van der Waals surface area contributed by atoms with E-state index < -0.39 is 4.92 Å². The largest absolute Gasteiger partial charge is 0.467 e. The van der Waals surface area contributed by atoms with Gasteiger partial charge < -0.3 is 14.2 Å². The van der Waals surface area contributed by atoms with E-state index in [-0.39, 0.29) is 37.6 Å². The molecule has 1 aliphatic heterocycles. The van der Waals surface area contributed by atoms with E-state index >= 15 is 0 Å². The fourth-order valence-electron chi connectivity index (χ4n) is 3.10. The number of hydrogen-bond acceptors (Lipinski definition) is 6. The summed E-state index contributed by atoms with van der Waals surface area (Å²) in [6, 6.07) is 2.83. The number of esters is 1. The number of carbonyl (C=O) groups excluding carboxylic acids is 1. The number of benzene rings is 1. The van der Waals surface area contributed by atoms with Gasteiger partial charge in [-0.05, 0) is 12.8 Å². The first-order chi connectivity index (χ1) is 11.1. The maximum atomic E-state index is 12.1. The quantitative estimate of drug-likeness (QED) is 0.481. The summed E-state index contributed by atoms with van der Waals surface area (Å²) in [7, 11) is 0. The van der Waals surface area contributed by atoms with Gasteiger partial charge in [-0.3, -0.25) is 14.9 Å². The van der Waals surface area contributed by atoms with Crippen LogP contribution in [0.2, 0.25) is 0 Å². The normalized spacial score (nSPS) is 17.9. The highest BCUT2D eigenvalue weighted by atomic mass is 16.7. The zero-order valence-electron chi connectivity index (χ0n) is 12.8. The van der Waals surface area contributed by atoms with E-state index in [1.807, 2.05) is 0 Å². The van der Waals surface area contributed by atoms with Gasteiger partial charge in [0.05, 0.1) is 17.4 Å². The van der Waals surface area contributed by atoms with Crippen molar-refractivity contribution in [3.8, 4) is 5.75 Å². The van der Waals surface area contributed by atoms with E-state index in [0.717, 1.165) is 32.1 Å². The van der Waals surface area contributed by atoms with Crippen LogP contribution >= 0.6 is 0 Å². The molecule has 0 bridgehead atoms. The summed E-state index contributed by atoms with van der Waals surface area (Å²) < 4.78 is 16.0. The van der Waals surface area contributed by atoms with Crippen molar-refractivity contribution < 1.29 is 23.9 Å². The molecule has 0 radical (unpaired) electrons. The number of non-ortho nitro benzene ring substituents is 1. The summed E-state index contributed by atoms with van der Waals surface area (Å²) in [6.45, 7) is 0.328. The summed E-state index contributed by atoms with van der Waals surface area (Å²) in [5.74, 6) is 0.248. The van der Waals surface area contributed by atoms with Crippen LogP contribution in [0.5, 0.6) is 5.75 Å². The van der Waals surface area contributed by atoms with Gasteiger partial charge in [-0.25, -0.2) is 0 Å². The lowest BCUT2D eigenvalue weighted by Crippen LogP contribution is -2.21. The molecule has 0 spiro atoms. The number of nitro groups is 1. The van der Waals surface area contributed by atoms with Gasteiger partial charge in [0.2, 0.25) is 0 Å². The van der Waals surface area contributed by atoms with Crippen molar-refractivity contribution in [2.45, 2.75) is 45.3 Å². The van der Waals surface area contributed by atoms with Crippen molar-refractivity contribution in [3.05, 3.63) is 33.4 Å². The first-order valence-electron chi connectivity index (χ1n) is 7.82. The minimum Gasteiger partial charge on any atom is -0.467 e. The first kappa shape index (κ1) is 15.7. The molecule has 1 aromatic carbocycles. The summed E-state index contributed by atoms with van der Waals surface area (Å²) in [6.07, 6.45) is 4.97. The third-order valence-corrected chi connectivity index (χ3v) is 4.29. The van der Waals surface area contributed by atoms with Crippen LogP contribution in [0.3, 0.4) is 0 Å². The molecule has 7 nitrogen and oxygen atoms in total. The first-order valence-corrected chi connectivity index (χ1v) is 7.82. The molecule has 3 rings (SSSR count). The van der Waals surface area contributed by atoms with Crippen LogP contribution in [0.25, 0.3) is 0 Å². The molecule has 1 aliphatic carbocycles. The summed E-state index contributed by atoms with van der Waals surface area (Å²) in [5.41, 5.74) is 1.07. The monoisotopic (exact) mass is 321 g/mol. The molecule has 124 valence electrons. The fraction of sp³-hybridized carbons (Fsp3) is 0.562. The van der Waals surface area contributed by atoms with Gasteiger partial charge in [0.15, 0.2) is 6.79 Å². The van der Waals surface area contributed by atoms with Crippen molar-refractivity contribution in [2.24, 2.45) is 5.92 Å². The van der Waals surface area contributed by atoms with Crippen LogP contribution in [0.1, 0.15) is 43.2 Å². The van der Waals surface area contributed by atoms with Crippen molar-refractivity contribution in [1.29, 1.82) is 0 Å². The summed E-state index contributed by atoms with van der Waals surface area (Å²) in [5, 5.41) is 11.0. The van der Waals surface area contributed by atoms with Gasteiger partial charge in [-0.15, -0.1) is 0 Å². The zero-order valence-corrected chi connectivity index (χ0v) is 12.8. The number of carbonyl (C=O) groups is 1. The average molecular weight is 321 g/mol. The minimum atomic E-state index is -0.471. The second kappa shape index (κ2) is 6.95. The molecule has 23 heavy (non-hydrogen) atoms. The molecule has 1 saturated carbocycles. The van der Waals surface area contributed by atoms with Crippen molar-refractivity contribution in [3.63, 3.8) is 0 Å². The topological polar surface area (TPSA) is 87.9 Å². The highest BCUT2D eigenvalue weighted by Crippen LogP contribution is 2.33. The van der Waals surface area contributed by atoms with Gasteiger partial charge in [0.1, 0.15) is 12.4 Å². The molecule has 1 heterocycles. The third kappa shape index (κ3) is 3.61. The number of ether oxygens (including phenoxy) is 3. The number of nitrogens with zero attached hydrogens (tertiary/aromatic N) is 1. The highest BCUT2D eigenvalue weighted by Gasteiger charge is 2.25. The van der Waals surface area contributed by atoms with E-state index in [1.165, 1.54) is 12.1 Å². The van der Waals surface area contributed by atoms with E-state index in [2.05, 4.69) is 0 Å². The Morgan fingerprint density at radius 1 is 1.30 bits per heavy atom. The van der Waals surface area contributed by atoms with Gasteiger partial charge in [-0.2, -0.15) is 0 Å². The maximum absolute atomic E-state index is 12.1. The number of nitro benzene ring substituents is 1. The maximum Gasteiger partial charge on any atom is 0.309 e. The van der Waals surface area contributed by atoms with Gasteiger partial charge in [0.25, 0.3) is 5.69 Å². The Hall–Kier alpha value is -2.15. The number of hydrogen-bond donors (Lipinski definition) is 0. The molecule has 0 aromatic heterocycles. The Balaban J connectivity index is 1.74. The second-order valence-electron chi connectivity index (χ2n) is 5.90. The van der Waals surface area contributed by atoms with E-state index in [0.29, 0.717) is 16.9 Å².